The third-order valence-corrected chi connectivity index (χ3v) is 4.56. The number of pyridine rings is 1. The molecular formula is C20H25N3O2. The van der Waals surface area contributed by atoms with Crippen molar-refractivity contribution in [3.63, 3.8) is 0 Å². The normalized spacial score (nSPS) is 20.1. The zero-order chi connectivity index (χ0) is 17.6. The van der Waals surface area contributed by atoms with Gasteiger partial charge >= 0.3 is 0 Å². The number of nitrogens with one attached hydrogen (secondary N) is 2. The summed E-state index contributed by atoms with van der Waals surface area (Å²) in [7, 11) is 0. The first-order valence-electron chi connectivity index (χ1n) is 8.80. The number of hydrogen-bond acceptors (Lipinski definition) is 4. The van der Waals surface area contributed by atoms with Crippen LogP contribution in [-0.2, 0) is 6.61 Å². The summed E-state index contributed by atoms with van der Waals surface area (Å²) in [5, 5.41) is 6.54. The summed E-state index contributed by atoms with van der Waals surface area (Å²) in [5.41, 5.74) is 2.58. The van der Waals surface area contributed by atoms with E-state index in [1.807, 2.05) is 43.3 Å². The largest absolute Gasteiger partial charge is 0.487 e. The summed E-state index contributed by atoms with van der Waals surface area (Å²) in [6, 6.07) is 11.9. The lowest BCUT2D eigenvalue weighted by atomic mass is 9.99. The molecule has 1 amide bonds. The Morgan fingerprint density at radius 2 is 2.24 bits per heavy atom. The standard InChI is InChI=1S/C20H25N3O2/c1-14-8-9-18(12-22-14)25-13-16-5-3-6-17(11-16)20(24)23-19-7-4-10-21-15(19)2/h3,5-6,8-9,11-12,15,19,21H,4,7,10,13H2,1-2H3,(H,23,24). The van der Waals surface area contributed by atoms with E-state index in [-0.39, 0.29) is 11.9 Å². The molecule has 0 aliphatic carbocycles. The highest BCUT2D eigenvalue weighted by Gasteiger charge is 2.22. The quantitative estimate of drug-likeness (QED) is 0.879. The van der Waals surface area contributed by atoms with Crippen LogP contribution in [0.3, 0.4) is 0 Å². The molecule has 2 heterocycles. The molecule has 0 saturated carbocycles. The predicted molar refractivity (Wildman–Crippen MR) is 97.7 cm³/mol. The van der Waals surface area contributed by atoms with E-state index in [0.717, 1.165) is 36.4 Å². The molecule has 0 spiro atoms. The molecule has 1 fully saturated rings. The van der Waals surface area contributed by atoms with Crippen LogP contribution in [0.4, 0.5) is 0 Å². The first kappa shape index (κ1) is 17.4. The van der Waals surface area contributed by atoms with Gasteiger partial charge in [0.2, 0.25) is 0 Å². The summed E-state index contributed by atoms with van der Waals surface area (Å²) in [6.45, 7) is 5.49. The van der Waals surface area contributed by atoms with Crippen molar-refractivity contribution >= 4 is 5.91 Å². The van der Waals surface area contributed by atoms with Crippen LogP contribution >= 0.6 is 0 Å². The Kier molecular flexibility index (Phi) is 5.66. The van der Waals surface area contributed by atoms with Gasteiger partial charge in [-0.2, -0.15) is 0 Å². The third kappa shape index (κ3) is 4.79. The van der Waals surface area contributed by atoms with Gasteiger partial charge in [0.15, 0.2) is 0 Å². The van der Waals surface area contributed by atoms with Crippen molar-refractivity contribution < 1.29 is 9.53 Å². The van der Waals surface area contributed by atoms with E-state index in [1.54, 1.807) is 6.20 Å². The summed E-state index contributed by atoms with van der Waals surface area (Å²) in [5.74, 6) is 0.696. The second-order valence-corrected chi connectivity index (χ2v) is 6.59. The van der Waals surface area contributed by atoms with Gasteiger partial charge < -0.3 is 15.4 Å². The van der Waals surface area contributed by atoms with Gasteiger partial charge in [-0.25, -0.2) is 0 Å². The van der Waals surface area contributed by atoms with Crippen LogP contribution in [0.2, 0.25) is 0 Å². The SMILES string of the molecule is Cc1ccc(OCc2cccc(C(=O)NC3CCCNC3C)c2)cn1. The Hall–Kier alpha value is -2.40. The Labute approximate surface area is 148 Å². The van der Waals surface area contributed by atoms with E-state index in [4.69, 9.17) is 4.74 Å². The maximum Gasteiger partial charge on any atom is 0.251 e. The van der Waals surface area contributed by atoms with E-state index in [0.29, 0.717) is 18.2 Å². The number of amides is 1. The van der Waals surface area contributed by atoms with Gasteiger partial charge in [0.05, 0.1) is 6.20 Å². The fourth-order valence-corrected chi connectivity index (χ4v) is 3.00. The number of carbonyl (C=O) groups excluding carboxylic acids is 1. The van der Waals surface area contributed by atoms with E-state index < -0.39 is 0 Å². The molecular weight excluding hydrogens is 314 g/mol. The van der Waals surface area contributed by atoms with Gasteiger partial charge in [-0.1, -0.05) is 12.1 Å². The van der Waals surface area contributed by atoms with Gasteiger partial charge in [0.25, 0.3) is 5.91 Å². The minimum absolute atomic E-state index is 0.0283. The summed E-state index contributed by atoms with van der Waals surface area (Å²) >= 11 is 0. The number of nitrogens with zero attached hydrogens (tertiary/aromatic N) is 1. The molecule has 132 valence electrons. The fraction of sp³-hybridized carbons (Fsp3) is 0.400. The van der Waals surface area contributed by atoms with E-state index in [2.05, 4.69) is 22.5 Å². The number of aromatic nitrogens is 1. The van der Waals surface area contributed by atoms with E-state index >= 15 is 0 Å². The van der Waals surface area contributed by atoms with Crippen LogP contribution < -0.4 is 15.4 Å². The minimum Gasteiger partial charge on any atom is -0.487 e. The van der Waals surface area contributed by atoms with Crippen LogP contribution in [0.15, 0.2) is 42.6 Å². The lowest BCUT2D eigenvalue weighted by Gasteiger charge is -2.30. The molecule has 0 bridgehead atoms. The van der Waals surface area contributed by atoms with Crippen molar-refractivity contribution in [3.05, 3.63) is 59.4 Å². The maximum atomic E-state index is 12.5. The molecule has 1 saturated heterocycles. The smallest absolute Gasteiger partial charge is 0.251 e. The molecule has 1 aromatic heterocycles. The summed E-state index contributed by atoms with van der Waals surface area (Å²) < 4.78 is 5.74. The Balaban J connectivity index is 1.60. The minimum atomic E-state index is -0.0283. The van der Waals surface area contributed by atoms with Crippen LogP contribution in [0.25, 0.3) is 0 Å². The fourth-order valence-electron chi connectivity index (χ4n) is 3.00. The number of hydrogen-bond donors (Lipinski definition) is 2. The highest BCUT2D eigenvalue weighted by Crippen LogP contribution is 2.14. The van der Waals surface area contributed by atoms with Crippen molar-refractivity contribution in [2.24, 2.45) is 0 Å². The topological polar surface area (TPSA) is 63.2 Å². The second-order valence-electron chi connectivity index (χ2n) is 6.59. The zero-order valence-corrected chi connectivity index (χ0v) is 14.8. The molecule has 2 unspecified atom stereocenters. The predicted octanol–water partition coefficient (Wildman–Crippen LogP) is 2.84. The number of ether oxygens (including phenoxy) is 1. The molecule has 5 nitrogen and oxygen atoms in total. The lowest BCUT2D eigenvalue weighted by Crippen LogP contribution is -2.51. The molecule has 25 heavy (non-hydrogen) atoms. The van der Waals surface area contributed by atoms with Gasteiger partial charge in [-0.15, -0.1) is 0 Å². The summed E-state index contributed by atoms with van der Waals surface area (Å²) in [4.78, 5) is 16.7. The van der Waals surface area contributed by atoms with Crippen molar-refractivity contribution in [1.82, 2.24) is 15.6 Å². The van der Waals surface area contributed by atoms with Crippen LogP contribution in [0, 0.1) is 6.92 Å². The molecule has 2 N–H and O–H groups in total. The highest BCUT2D eigenvalue weighted by atomic mass is 16.5. The number of carbonyl (C=O) groups is 1. The number of piperidine rings is 1. The number of benzene rings is 1. The lowest BCUT2D eigenvalue weighted by molar-refractivity contribution is 0.0919. The third-order valence-electron chi connectivity index (χ3n) is 4.56. The van der Waals surface area contributed by atoms with Crippen LogP contribution in [-0.4, -0.2) is 29.5 Å². The van der Waals surface area contributed by atoms with Gasteiger partial charge in [-0.05, 0) is 63.1 Å². The second kappa shape index (κ2) is 8.12. The first-order valence-corrected chi connectivity index (χ1v) is 8.80. The molecule has 2 atom stereocenters. The van der Waals surface area contributed by atoms with Crippen LogP contribution in [0.1, 0.15) is 41.4 Å². The molecule has 1 aromatic carbocycles. The number of aryl methyl sites for hydroxylation is 1. The van der Waals surface area contributed by atoms with Gasteiger partial charge in [0.1, 0.15) is 12.4 Å². The maximum absolute atomic E-state index is 12.5. The number of rotatable bonds is 5. The average molecular weight is 339 g/mol. The Bertz CT molecular complexity index is 715. The van der Waals surface area contributed by atoms with Crippen molar-refractivity contribution in [2.45, 2.75) is 45.4 Å². The van der Waals surface area contributed by atoms with Gasteiger partial charge in [0, 0.05) is 23.3 Å². The Morgan fingerprint density at radius 1 is 1.36 bits per heavy atom. The first-order chi connectivity index (χ1) is 12.1. The van der Waals surface area contributed by atoms with E-state index in [1.165, 1.54) is 0 Å². The molecule has 1 aliphatic heterocycles. The van der Waals surface area contributed by atoms with Crippen molar-refractivity contribution in [3.8, 4) is 5.75 Å². The van der Waals surface area contributed by atoms with Crippen molar-refractivity contribution in [1.29, 1.82) is 0 Å². The van der Waals surface area contributed by atoms with Crippen molar-refractivity contribution in [2.75, 3.05) is 6.54 Å². The molecule has 5 heteroatoms. The summed E-state index contributed by atoms with van der Waals surface area (Å²) in [6.07, 6.45) is 3.82. The molecule has 0 radical (unpaired) electrons. The Morgan fingerprint density at radius 3 is 3.00 bits per heavy atom. The molecule has 1 aliphatic rings. The highest BCUT2D eigenvalue weighted by molar-refractivity contribution is 5.94. The van der Waals surface area contributed by atoms with Gasteiger partial charge in [-0.3, -0.25) is 9.78 Å². The zero-order valence-electron chi connectivity index (χ0n) is 14.8. The molecule has 3 rings (SSSR count). The molecule has 2 aromatic rings. The van der Waals surface area contributed by atoms with E-state index in [9.17, 15) is 4.79 Å². The average Bonchev–Trinajstić information content (AvgIpc) is 2.63. The monoisotopic (exact) mass is 339 g/mol. The van der Waals surface area contributed by atoms with Crippen LogP contribution in [0.5, 0.6) is 5.75 Å².